The van der Waals surface area contributed by atoms with Crippen molar-refractivity contribution in [1.29, 1.82) is 0 Å². The molecule has 6 nitrogen and oxygen atoms in total. The molecule has 1 aliphatic heterocycles. The maximum atomic E-state index is 13.3. The molecular formula is C20H19Br2N3O3. The van der Waals surface area contributed by atoms with Gasteiger partial charge in [0.1, 0.15) is 5.69 Å². The van der Waals surface area contributed by atoms with E-state index in [1.165, 1.54) is 9.58 Å². The van der Waals surface area contributed by atoms with Crippen LogP contribution >= 0.6 is 31.9 Å². The van der Waals surface area contributed by atoms with Crippen molar-refractivity contribution in [2.75, 3.05) is 4.90 Å². The normalized spacial score (nSPS) is 33.8. The first kappa shape index (κ1) is 18.4. The summed E-state index contributed by atoms with van der Waals surface area (Å²) in [5.74, 6) is -0.864. The molecule has 2 heterocycles. The third kappa shape index (κ3) is 2.16. The maximum absolute atomic E-state index is 13.3. The fraction of sp³-hybridized carbons (Fsp3) is 0.450. The minimum atomic E-state index is -0.342. The number of amides is 2. The fourth-order valence-electron chi connectivity index (χ4n) is 5.38. The lowest BCUT2D eigenvalue weighted by atomic mass is 9.81. The second kappa shape index (κ2) is 6.16. The van der Waals surface area contributed by atoms with E-state index < -0.39 is 0 Å². The van der Waals surface area contributed by atoms with Gasteiger partial charge in [-0.1, -0.05) is 50.1 Å². The Labute approximate surface area is 178 Å². The van der Waals surface area contributed by atoms with Crippen LogP contribution in [0.25, 0.3) is 5.69 Å². The predicted octanol–water partition coefficient (Wildman–Crippen LogP) is 2.77. The average molecular weight is 509 g/mol. The Morgan fingerprint density at radius 1 is 0.929 bits per heavy atom. The molecule has 2 saturated carbocycles. The Morgan fingerprint density at radius 2 is 1.46 bits per heavy atom. The van der Waals surface area contributed by atoms with Crippen LogP contribution in [-0.4, -0.2) is 30.8 Å². The Bertz CT molecular complexity index is 1030. The van der Waals surface area contributed by atoms with Gasteiger partial charge in [-0.05, 0) is 37.3 Å². The van der Waals surface area contributed by atoms with Crippen molar-refractivity contribution >= 4 is 49.4 Å². The number of aromatic nitrogens is 2. The number of anilines is 1. The average Bonchev–Trinajstić information content (AvgIpc) is 3.34. The zero-order chi connectivity index (χ0) is 19.9. The molecule has 3 aliphatic rings. The molecule has 28 heavy (non-hydrogen) atoms. The van der Waals surface area contributed by atoms with E-state index in [1.807, 2.05) is 30.3 Å². The van der Waals surface area contributed by atoms with Crippen LogP contribution in [0.15, 0.2) is 35.1 Å². The smallest absolute Gasteiger partial charge is 0.283 e. The van der Waals surface area contributed by atoms with Gasteiger partial charge in [0.15, 0.2) is 0 Å². The zero-order valence-electron chi connectivity index (χ0n) is 15.4. The number of fused-ring (bicyclic) bond motifs is 5. The lowest BCUT2D eigenvalue weighted by Crippen LogP contribution is -2.37. The highest BCUT2D eigenvalue weighted by Gasteiger charge is 2.67. The number of carbonyl (C=O) groups is 2. The molecule has 0 N–H and O–H groups in total. The highest BCUT2D eigenvalue weighted by atomic mass is 79.9. The van der Waals surface area contributed by atoms with Crippen molar-refractivity contribution < 1.29 is 9.59 Å². The maximum Gasteiger partial charge on any atom is 0.296 e. The van der Waals surface area contributed by atoms with E-state index in [4.69, 9.17) is 0 Å². The van der Waals surface area contributed by atoms with E-state index in [0.717, 1.165) is 6.42 Å². The molecule has 2 aliphatic carbocycles. The molecule has 2 amide bonds. The number of carbonyl (C=O) groups excluding carboxylic acids is 2. The first-order valence-corrected chi connectivity index (χ1v) is 11.2. The first-order valence-electron chi connectivity index (χ1n) is 9.34. The minimum absolute atomic E-state index is 0.126. The molecule has 1 aromatic heterocycles. The third-order valence-corrected chi connectivity index (χ3v) is 9.94. The van der Waals surface area contributed by atoms with Gasteiger partial charge in [-0.25, -0.2) is 9.58 Å². The van der Waals surface area contributed by atoms with Crippen molar-refractivity contribution in [1.82, 2.24) is 9.36 Å². The summed E-state index contributed by atoms with van der Waals surface area (Å²) < 4.78 is 3.21. The van der Waals surface area contributed by atoms with Crippen molar-refractivity contribution in [2.24, 2.45) is 30.7 Å². The molecule has 2 bridgehead atoms. The second-order valence-corrected chi connectivity index (χ2v) is 10.0. The standard InChI is InChI=1S/C20H19Br2N3O3/c1-9-17(20(28)25(23(9)2)10-6-4-3-5-7-10)24-18(26)13-11-8-12(14(13)19(24)27)16(22)15(11)21/h3-7,11-16H,8H2,1-2H3. The Kier molecular flexibility index (Phi) is 4.04. The van der Waals surface area contributed by atoms with E-state index in [-0.39, 0.29) is 56.4 Å². The van der Waals surface area contributed by atoms with Gasteiger partial charge in [0, 0.05) is 16.7 Å². The van der Waals surface area contributed by atoms with Crippen LogP contribution in [0.4, 0.5) is 5.69 Å². The summed E-state index contributed by atoms with van der Waals surface area (Å²) in [6, 6.07) is 9.24. The van der Waals surface area contributed by atoms with Crippen LogP contribution < -0.4 is 10.5 Å². The second-order valence-electron chi connectivity index (χ2n) is 7.93. The van der Waals surface area contributed by atoms with E-state index >= 15 is 0 Å². The molecule has 6 unspecified atom stereocenters. The molecule has 2 aromatic rings. The van der Waals surface area contributed by atoms with Gasteiger partial charge in [-0.3, -0.25) is 19.1 Å². The zero-order valence-corrected chi connectivity index (χ0v) is 18.6. The van der Waals surface area contributed by atoms with Gasteiger partial charge in [0.05, 0.1) is 23.2 Å². The third-order valence-electron chi connectivity index (χ3n) is 6.73. The number of nitrogens with zero attached hydrogens (tertiary/aromatic N) is 3. The molecule has 0 radical (unpaired) electrons. The van der Waals surface area contributed by atoms with E-state index in [2.05, 4.69) is 31.9 Å². The summed E-state index contributed by atoms with van der Waals surface area (Å²) >= 11 is 7.39. The summed E-state index contributed by atoms with van der Waals surface area (Å²) in [4.78, 5) is 41.4. The summed E-state index contributed by atoms with van der Waals surface area (Å²) in [7, 11) is 1.77. The van der Waals surface area contributed by atoms with Gasteiger partial charge < -0.3 is 0 Å². The SMILES string of the molecule is Cc1c(N2C(=O)C3C4CC(C(Br)C4Br)C3C2=O)c(=O)n(-c2ccccc2)n1C. The van der Waals surface area contributed by atoms with Crippen LogP contribution in [0, 0.1) is 30.6 Å². The highest BCUT2D eigenvalue weighted by molar-refractivity contribution is 9.12. The van der Waals surface area contributed by atoms with Crippen LogP contribution in [-0.2, 0) is 16.6 Å². The summed E-state index contributed by atoms with van der Waals surface area (Å²) in [6.45, 7) is 1.78. The first-order chi connectivity index (χ1) is 13.3. The van der Waals surface area contributed by atoms with Crippen molar-refractivity contribution in [3.8, 4) is 5.69 Å². The molecule has 146 valence electrons. The summed E-state index contributed by atoms with van der Waals surface area (Å²) in [5.41, 5.74) is 1.15. The molecule has 6 atom stereocenters. The Morgan fingerprint density at radius 3 is 2.00 bits per heavy atom. The van der Waals surface area contributed by atoms with Gasteiger partial charge in [0.25, 0.3) is 5.56 Å². The number of imide groups is 1. The van der Waals surface area contributed by atoms with E-state index in [0.29, 0.717) is 11.4 Å². The molecule has 5 rings (SSSR count). The van der Waals surface area contributed by atoms with Crippen molar-refractivity contribution in [3.63, 3.8) is 0 Å². The van der Waals surface area contributed by atoms with E-state index in [1.54, 1.807) is 18.7 Å². The van der Waals surface area contributed by atoms with Gasteiger partial charge in [-0.2, -0.15) is 0 Å². The van der Waals surface area contributed by atoms with Gasteiger partial charge >= 0.3 is 0 Å². The quantitative estimate of drug-likeness (QED) is 0.463. The Balaban J connectivity index is 1.63. The number of benzene rings is 1. The van der Waals surface area contributed by atoms with Crippen LogP contribution in [0.1, 0.15) is 12.1 Å². The van der Waals surface area contributed by atoms with Crippen LogP contribution in [0.2, 0.25) is 0 Å². The predicted molar refractivity (Wildman–Crippen MR) is 112 cm³/mol. The number of hydrogen-bond acceptors (Lipinski definition) is 3. The topological polar surface area (TPSA) is 64.3 Å². The van der Waals surface area contributed by atoms with Crippen LogP contribution in [0.3, 0.4) is 0 Å². The molecule has 3 fully saturated rings. The lowest BCUT2D eigenvalue weighted by Gasteiger charge is -2.28. The van der Waals surface area contributed by atoms with Gasteiger partial charge in [0.2, 0.25) is 11.8 Å². The number of hydrogen-bond donors (Lipinski definition) is 0. The van der Waals surface area contributed by atoms with Crippen molar-refractivity contribution in [2.45, 2.75) is 23.0 Å². The number of halogens is 2. The molecule has 8 heteroatoms. The summed E-state index contributed by atoms with van der Waals surface area (Å²) in [5, 5.41) is 0. The largest absolute Gasteiger partial charge is 0.296 e. The van der Waals surface area contributed by atoms with Crippen molar-refractivity contribution in [3.05, 3.63) is 46.4 Å². The lowest BCUT2D eigenvalue weighted by molar-refractivity contribution is -0.123. The number of rotatable bonds is 2. The monoisotopic (exact) mass is 507 g/mol. The van der Waals surface area contributed by atoms with E-state index in [9.17, 15) is 14.4 Å². The molecule has 1 aromatic carbocycles. The molecule has 0 spiro atoms. The molecule has 1 saturated heterocycles. The van der Waals surface area contributed by atoms with Gasteiger partial charge in [-0.15, -0.1) is 0 Å². The Hall–Kier alpha value is -1.67. The summed E-state index contributed by atoms with van der Waals surface area (Å²) in [6.07, 6.45) is 0.870. The number of para-hydroxylation sites is 1. The minimum Gasteiger partial charge on any atom is -0.283 e. The van der Waals surface area contributed by atoms with Crippen LogP contribution in [0.5, 0.6) is 0 Å². The number of alkyl halides is 2. The fourth-order valence-corrected chi connectivity index (χ4v) is 7.25. The highest BCUT2D eigenvalue weighted by Crippen LogP contribution is 2.60. The molecular weight excluding hydrogens is 490 g/mol.